The van der Waals surface area contributed by atoms with Gasteiger partial charge in [-0.2, -0.15) is 0 Å². The maximum absolute atomic E-state index is 2.58. The van der Waals surface area contributed by atoms with Gasteiger partial charge in [-0.05, 0) is 127 Å². The van der Waals surface area contributed by atoms with Crippen molar-refractivity contribution in [2.75, 3.05) is 0 Å². The standard InChI is InChI=1S/C16H28.C15H24.CH4/c1-11-6-7-12-15(4,5)13-10-16(11,12)9-8-14(13,2)3;1-10-7-8-15-9-12(10)14(3,4)13(15)6-5-11(15)2;/h11-13H,6-10H2,1-5H3;7,11-13H,5-6,8-9H2,1-4H3;1H4/t11-,12?,13+,16+;11-,12+,13?,15+;/m11./s1. The normalized spacial score (nSPS) is 50.5. The zero-order valence-electron chi connectivity index (χ0n) is 22.4. The fraction of sp³-hybridized carbons (Fsp3) is 0.938. The van der Waals surface area contributed by atoms with Gasteiger partial charge in [-0.25, -0.2) is 0 Å². The highest BCUT2D eigenvalue weighted by Gasteiger charge is 2.67. The molecule has 0 amide bonds. The van der Waals surface area contributed by atoms with Crippen molar-refractivity contribution in [3.63, 3.8) is 0 Å². The van der Waals surface area contributed by atoms with Crippen LogP contribution in [0, 0.1) is 62.6 Å². The maximum Gasteiger partial charge on any atom is -0.0146 e. The molecule has 2 spiro atoms. The fourth-order valence-corrected chi connectivity index (χ4v) is 11.6. The van der Waals surface area contributed by atoms with Crippen LogP contribution in [0.5, 0.6) is 0 Å². The minimum absolute atomic E-state index is 0. The van der Waals surface area contributed by atoms with E-state index in [9.17, 15) is 0 Å². The zero-order chi connectivity index (χ0) is 22.6. The first-order valence-corrected chi connectivity index (χ1v) is 14.0. The van der Waals surface area contributed by atoms with Gasteiger partial charge in [-0.1, -0.05) is 74.5 Å². The lowest BCUT2D eigenvalue weighted by Crippen LogP contribution is -2.36. The van der Waals surface area contributed by atoms with Gasteiger partial charge in [-0.3, -0.25) is 0 Å². The average molecular weight is 441 g/mol. The minimum atomic E-state index is 0. The lowest BCUT2D eigenvalue weighted by molar-refractivity contribution is 0.0436. The van der Waals surface area contributed by atoms with Crippen molar-refractivity contribution in [3.8, 4) is 0 Å². The molecule has 5 fully saturated rings. The highest BCUT2D eigenvalue weighted by molar-refractivity contribution is 5.25. The Kier molecular flexibility index (Phi) is 5.72. The Bertz CT molecular complexity index is 761. The van der Waals surface area contributed by atoms with Crippen LogP contribution in [0.3, 0.4) is 0 Å². The molecule has 0 aromatic carbocycles. The number of hydrogen-bond acceptors (Lipinski definition) is 0. The summed E-state index contributed by atoms with van der Waals surface area (Å²) in [5, 5.41) is 0. The summed E-state index contributed by atoms with van der Waals surface area (Å²) < 4.78 is 0. The lowest BCUT2D eigenvalue weighted by Gasteiger charge is -2.45. The Morgan fingerprint density at radius 2 is 1.25 bits per heavy atom. The van der Waals surface area contributed by atoms with Crippen LogP contribution in [-0.2, 0) is 0 Å². The molecule has 0 radical (unpaired) electrons. The van der Waals surface area contributed by atoms with Gasteiger partial charge >= 0.3 is 0 Å². The summed E-state index contributed by atoms with van der Waals surface area (Å²) in [4.78, 5) is 0. The summed E-state index contributed by atoms with van der Waals surface area (Å²) in [6.07, 6.45) is 16.0. The number of rotatable bonds is 0. The molecule has 0 nitrogen and oxygen atoms in total. The Morgan fingerprint density at radius 1 is 0.688 bits per heavy atom. The smallest absolute Gasteiger partial charge is 0.0146 e. The summed E-state index contributed by atoms with van der Waals surface area (Å²) >= 11 is 0. The summed E-state index contributed by atoms with van der Waals surface area (Å²) in [6, 6.07) is 0. The SMILES string of the molecule is C.CC1=CC[C@@]23C[C@@H]1C(C)(C)C2CC[C@H]3C.C[C@@H]1CCC2C(C)(C)[C@H]3C[C@]21CCC3(C)C. The fourth-order valence-electron chi connectivity index (χ4n) is 11.6. The molecule has 4 bridgehead atoms. The van der Waals surface area contributed by atoms with E-state index in [1.54, 1.807) is 12.0 Å². The predicted molar refractivity (Wildman–Crippen MR) is 141 cm³/mol. The van der Waals surface area contributed by atoms with E-state index in [0.29, 0.717) is 21.7 Å². The molecule has 0 heterocycles. The third-order valence-corrected chi connectivity index (χ3v) is 13.4. The van der Waals surface area contributed by atoms with E-state index in [2.05, 4.69) is 68.4 Å². The van der Waals surface area contributed by atoms with Crippen molar-refractivity contribution < 1.29 is 0 Å². The van der Waals surface area contributed by atoms with Crippen molar-refractivity contribution >= 4 is 0 Å². The van der Waals surface area contributed by atoms with Gasteiger partial charge in [0.2, 0.25) is 0 Å². The van der Waals surface area contributed by atoms with E-state index < -0.39 is 0 Å². The second-order valence-electron chi connectivity index (χ2n) is 15.3. The molecule has 0 N–H and O–H groups in total. The summed E-state index contributed by atoms with van der Waals surface area (Å²) in [6.45, 7) is 22.7. The molecule has 32 heavy (non-hydrogen) atoms. The van der Waals surface area contributed by atoms with Gasteiger partial charge < -0.3 is 0 Å². The Labute approximate surface area is 201 Å². The Hall–Kier alpha value is -0.260. The molecule has 2 unspecified atom stereocenters. The van der Waals surface area contributed by atoms with Crippen molar-refractivity contribution in [1.29, 1.82) is 0 Å². The molecule has 6 aliphatic rings. The van der Waals surface area contributed by atoms with Crippen LogP contribution in [0.2, 0.25) is 0 Å². The molecular formula is C32H56. The molecular weight excluding hydrogens is 384 g/mol. The number of allylic oxidation sites excluding steroid dienone is 2. The van der Waals surface area contributed by atoms with Crippen molar-refractivity contribution in [2.24, 2.45) is 62.6 Å². The second-order valence-corrected chi connectivity index (χ2v) is 15.3. The molecule has 0 heteroatoms. The topological polar surface area (TPSA) is 0 Å². The van der Waals surface area contributed by atoms with Crippen LogP contribution in [0.15, 0.2) is 11.6 Å². The van der Waals surface area contributed by atoms with Gasteiger partial charge in [0.15, 0.2) is 0 Å². The molecule has 0 aliphatic heterocycles. The summed E-state index contributed by atoms with van der Waals surface area (Å²) in [7, 11) is 0. The van der Waals surface area contributed by atoms with Crippen molar-refractivity contribution in [1.82, 2.24) is 0 Å². The Morgan fingerprint density at radius 3 is 1.88 bits per heavy atom. The van der Waals surface area contributed by atoms with Crippen LogP contribution in [0.25, 0.3) is 0 Å². The third-order valence-electron chi connectivity index (χ3n) is 13.4. The number of fused-ring (bicyclic) bond motifs is 2. The highest BCUT2D eigenvalue weighted by Crippen LogP contribution is 2.75. The largest absolute Gasteiger partial charge is 0.0847 e. The first kappa shape index (κ1) is 24.9. The van der Waals surface area contributed by atoms with E-state index in [1.807, 2.05) is 0 Å². The minimum Gasteiger partial charge on any atom is -0.0847 e. The quantitative estimate of drug-likeness (QED) is 0.329. The molecule has 0 aromatic rings. The monoisotopic (exact) mass is 440 g/mol. The lowest BCUT2D eigenvalue weighted by atomic mass is 9.60. The average Bonchev–Trinajstić information content (AvgIpc) is 3.30. The zero-order valence-corrected chi connectivity index (χ0v) is 22.4. The van der Waals surface area contributed by atoms with Crippen molar-refractivity contribution in [2.45, 2.75) is 128 Å². The summed E-state index contributed by atoms with van der Waals surface area (Å²) in [5.74, 6) is 5.86. The first-order chi connectivity index (χ1) is 14.3. The van der Waals surface area contributed by atoms with E-state index in [0.717, 1.165) is 40.9 Å². The molecule has 5 saturated carbocycles. The van der Waals surface area contributed by atoms with Crippen LogP contribution in [-0.4, -0.2) is 0 Å². The maximum atomic E-state index is 2.58. The van der Waals surface area contributed by atoms with Crippen LogP contribution < -0.4 is 0 Å². The van der Waals surface area contributed by atoms with E-state index in [-0.39, 0.29) is 7.43 Å². The van der Waals surface area contributed by atoms with Crippen LogP contribution >= 0.6 is 0 Å². The van der Waals surface area contributed by atoms with Gasteiger partial charge in [0, 0.05) is 0 Å². The van der Waals surface area contributed by atoms with Crippen LogP contribution in [0.4, 0.5) is 0 Å². The molecule has 184 valence electrons. The van der Waals surface area contributed by atoms with Gasteiger partial charge in [0.25, 0.3) is 0 Å². The Balaban J connectivity index is 0.000000149. The van der Waals surface area contributed by atoms with E-state index >= 15 is 0 Å². The van der Waals surface area contributed by atoms with E-state index in [4.69, 9.17) is 0 Å². The molecule has 6 rings (SSSR count). The molecule has 0 saturated heterocycles. The molecule has 6 aliphatic carbocycles. The first-order valence-electron chi connectivity index (χ1n) is 14.0. The predicted octanol–water partition coefficient (Wildman–Crippen LogP) is 9.94. The third kappa shape index (κ3) is 2.98. The summed E-state index contributed by atoms with van der Waals surface area (Å²) in [5.41, 5.74) is 4.91. The van der Waals surface area contributed by atoms with Crippen LogP contribution in [0.1, 0.15) is 128 Å². The molecule has 8 atom stereocenters. The molecule has 0 aromatic heterocycles. The van der Waals surface area contributed by atoms with Gasteiger partial charge in [0.05, 0.1) is 0 Å². The van der Waals surface area contributed by atoms with Gasteiger partial charge in [0.1, 0.15) is 0 Å². The highest BCUT2D eigenvalue weighted by atomic mass is 14.7. The van der Waals surface area contributed by atoms with Gasteiger partial charge in [-0.15, -0.1) is 0 Å². The van der Waals surface area contributed by atoms with E-state index in [1.165, 1.54) is 51.4 Å². The second kappa shape index (κ2) is 7.37. The number of hydrogen-bond donors (Lipinski definition) is 0. The van der Waals surface area contributed by atoms with Crippen molar-refractivity contribution in [3.05, 3.63) is 11.6 Å².